The van der Waals surface area contributed by atoms with E-state index in [0.717, 1.165) is 9.37 Å². The van der Waals surface area contributed by atoms with Gasteiger partial charge in [-0.1, -0.05) is 24.3 Å². The average molecular weight is 423 g/mol. The van der Waals surface area contributed by atoms with Gasteiger partial charge in [-0.3, -0.25) is 9.59 Å². The van der Waals surface area contributed by atoms with Crippen molar-refractivity contribution in [1.82, 2.24) is 5.32 Å². The smallest absolute Gasteiger partial charge is 0.256 e. The van der Waals surface area contributed by atoms with Crippen molar-refractivity contribution >= 4 is 45.2 Å². The molecule has 0 aliphatic heterocycles. The Labute approximate surface area is 159 Å². The van der Waals surface area contributed by atoms with E-state index in [2.05, 4.69) is 26.6 Å². The average Bonchev–Trinajstić information content (AvgIpc) is 2.62. The van der Waals surface area contributed by atoms with Gasteiger partial charge in [-0.25, -0.2) is 0 Å². The van der Waals surface area contributed by atoms with Crippen LogP contribution in [0.15, 0.2) is 57.9 Å². The maximum atomic E-state index is 12.6. The van der Waals surface area contributed by atoms with Crippen LogP contribution in [0.2, 0.25) is 0 Å². The van der Waals surface area contributed by atoms with Crippen LogP contribution < -0.4 is 10.6 Å². The lowest BCUT2D eigenvalue weighted by Gasteiger charge is -2.11. The summed E-state index contributed by atoms with van der Waals surface area (Å²) in [6.07, 6.45) is 0. The Morgan fingerprint density at radius 3 is 2.60 bits per heavy atom. The van der Waals surface area contributed by atoms with Crippen molar-refractivity contribution in [2.24, 2.45) is 0 Å². The Kier molecular flexibility index (Phi) is 7.97. The summed E-state index contributed by atoms with van der Waals surface area (Å²) in [5, 5.41) is 5.64. The highest BCUT2D eigenvalue weighted by Crippen LogP contribution is 2.26. The van der Waals surface area contributed by atoms with Crippen LogP contribution in [0, 0.1) is 0 Å². The minimum absolute atomic E-state index is 0.0944. The maximum absolute atomic E-state index is 12.6. The zero-order valence-electron chi connectivity index (χ0n) is 13.8. The number of carbonyl (C=O) groups is 2. The lowest BCUT2D eigenvalue weighted by Crippen LogP contribution is -2.28. The highest BCUT2D eigenvalue weighted by atomic mass is 79.9. The number of anilines is 1. The summed E-state index contributed by atoms with van der Waals surface area (Å²) in [6.45, 7) is 0.946. The van der Waals surface area contributed by atoms with E-state index >= 15 is 0 Å². The predicted octanol–water partition coefficient (Wildman–Crippen LogP) is 3.56. The molecule has 0 aromatic heterocycles. The molecule has 0 radical (unpaired) electrons. The topological polar surface area (TPSA) is 67.4 Å². The van der Waals surface area contributed by atoms with Gasteiger partial charge in [0.05, 0.1) is 23.6 Å². The number of para-hydroxylation sites is 1. The summed E-state index contributed by atoms with van der Waals surface area (Å²) < 4.78 is 5.70. The molecule has 2 N–H and O–H groups in total. The maximum Gasteiger partial charge on any atom is 0.256 e. The minimum Gasteiger partial charge on any atom is -0.383 e. The molecule has 0 bridgehead atoms. The van der Waals surface area contributed by atoms with Crippen molar-refractivity contribution in [2.75, 3.05) is 31.3 Å². The van der Waals surface area contributed by atoms with Crippen LogP contribution in [0.25, 0.3) is 0 Å². The normalized spacial score (nSPS) is 10.3. The van der Waals surface area contributed by atoms with Gasteiger partial charge in [0.2, 0.25) is 5.91 Å². The summed E-state index contributed by atoms with van der Waals surface area (Å²) in [5.74, 6) is -0.0684. The molecule has 0 spiro atoms. The third kappa shape index (κ3) is 6.19. The number of benzene rings is 2. The highest BCUT2D eigenvalue weighted by molar-refractivity contribution is 9.10. The number of carbonyl (C=O) groups excluding carboxylic acids is 2. The van der Waals surface area contributed by atoms with Gasteiger partial charge < -0.3 is 15.4 Å². The molecule has 0 heterocycles. The SMILES string of the molecule is COCCNC(=O)CSc1ccccc1C(=O)Nc1ccccc1Br. The van der Waals surface area contributed by atoms with E-state index in [0.29, 0.717) is 24.4 Å². The number of hydrogen-bond donors (Lipinski definition) is 2. The van der Waals surface area contributed by atoms with Gasteiger partial charge in [0.1, 0.15) is 0 Å². The number of amides is 2. The molecule has 0 unspecified atom stereocenters. The highest BCUT2D eigenvalue weighted by Gasteiger charge is 2.14. The second-order valence-electron chi connectivity index (χ2n) is 5.06. The number of hydrogen-bond acceptors (Lipinski definition) is 4. The van der Waals surface area contributed by atoms with E-state index in [9.17, 15) is 9.59 Å². The van der Waals surface area contributed by atoms with Gasteiger partial charge >= 0.3 is 0 Å². The summed E-state index contributed by atoms with van der Waals surface area (Å²) in [5.41, 5.74) is 1.23. The molecule has 0 fully saturated rings. The lowest BCUT2D eigenvalue weighted by atomic mass is 10.2. The van der Waals surface area contributed by atoms with Gasteiger partial charge in [-0.15, -0.1) is 11.8 Å². The molecule has 0 aliphatic rings. The second-order valence-corrected chi connectivity index (χ2v) is 6.93. The Morgan fingerprint density at radius 1 is 1.12 bits per heavy atom. The van der Waals surface area contributed by atoms with E-state index in [1.807, 2.05) is 36.4 Å². The lowest BCUT2D eigenvalue weighted by molar-refractivity contribution is -0.118. The van der Waals surface area contributed by atoms with Crippen LogP contribution in [0.1, 0.15) is 10.4 Å². The molecule has 7 heteroatoms. The third-order valence-electron chi connectivity index (χ3n) is 3.24. The fraction of sp³-hybridized carbons (Fsp3) is 0.222. The van der Waals surface area contributed by atoms with Crippen LogP contribution in [-0.4, -0.2) is 37.8 Å². The largest absolute Gasteiger partial charge is 0.383 e. The molecule has 2 amide bonds. The van der Waals surface area contributed by atoms with E-state index in [-0.39, 0.29) is 17.6 Å². The first-order chi connectivity index (χ1) is 12.1. The quantitative estimate of drug-likeness (QED) is 0.504. The summed E-state index contributed by atoms with van der Waals surface area (Å²) in [7, 11) is 1.58. The molecule has 25 heavy (non-hydrogen) atoms. The van der Waals surface area contributed by atoms with Crippen molar-refractivity contribution in [2.45, 2.75) is 4.90 Å². The predicted molar refractivity (Wildman–Crippen MR) is 104 cm³/mol. The number of halogens is 1. The van der Waals surface area contributed by atoms with Crippen molar-refractivity contribution in [1.29, 1.82) is 0 Å². The van der Waals surface area contributed by atoms with Crippen molar-refractivity contribution < 1.29 is 14.3 Å². The standard InChI is InChI=1S/C18H19BrN2O3S/c1-24-11-10-20-17(22)12-25-16-9-5-2-6-13(16)18(23)21-15-8-4-3-7-14(15)19/h2-9H,10-12H2,1H3,(H,20,22)(H,21,23). The van der Waals surface area contributed by atoms with Crippen LogP contribution >= 0.6 is 27.7 Å². The molecular weight excluding hydrogens is 404 g/mol. The first-order valence-corrected chi connectivity index (χ1v) is 9.43. The zero-order chi connectivity index (χ0) is 18.1. The van der Waals surface area contributed by atoms with Crippen molar-refractivity contribution in [3.05, 3.63) is 58.6 Å². The van der Waals surface area contributed by atoms with Gasteiger partial charge in [0, 0.05) is 23.0 Å². The summed E-state index contributed by atoms with van der Waals surface area (Å²) in [6, 6.07) is 14.6. The Bertz CT molecular complexity index is 740. The first-order valence-electron chi connectivity index (χ1n) is 7.65. The van der Waals surface area contributed by atoms with Crippen LogP contribution in [0.5, 0.6) is 0 Å². The molecule has 5 nitrogen and oxygen atoms in total. The van der Waals surface area contributed by atoms with Gasteiger partial charge in [-0.2, -0.15) is 0 Å². The van der Waals surface area contributed by atoms with Crippen molar-refractivity contribution in [3.8, 4) is 0 Å². The minimum atomic E-state index is -0.213. The zero-order valence-corrected chi connectivity index (χ0v) is 16.2. The monoisotopic (exact) mass is 422 g/mol. The van der Waals surface area contributed by atoms with Crippen LogP contribution in [-0.2, 0) is 9.53 Å². The molecule has 2 rings (SSSR count). The third-order valence-corrected chi connectivity index (χ3v) is 5.01. The second kappa shape index (κ2) is 10.2. The molecule has 0 saturated heterocycles. The van der Waals surface area contributed by atoms with E-state index in [4.69, 9.17) is 4.74 Å². The van der Waals surface area contributed by atoms with E-state index in [1.165, 1.54) is 11.8 Å². The number of methoxy groups -OCH3 is 1. The fourth-order valence-electron chi connectivity index (χ4n) is 2.02. The number of thioether (sulfide) groups is 1. The fourth-order valence-corrected chi connectivity index (χ4v) is 3.28. The molecule has 2 aromatic rings. The summed E-state index contributed by atoms with van der Waals surface area (Å²) in [4.78, 5) is 25.2. The summed E-state index contributed by atoms with van der Waals surface area (Å²) >= 11 is 4.74. The number of rotatable bonds is 8. The number of nitrogens with one attached hydrogen (secondary N) is 2. The molecule has 0 saturated carbocycles. The van der Waals surface area contributed by atoms with E-state index < -0.39 is 0 Å². The first kappa shape index (κ1) is 19.5. The van der Waals surface area contributed by atoms with E-state index in [1.54, 1.807) is 19.2 Å². The van der Waals surface area contributed by atoms with Crippen LogP contribution in [0.4, 0.5) is 5.69 Å². The van der Waals surface area contributed by atoms with Gasteiger partial charge in [0.25, 0.3) is 5.91 Å². The molecule has 0 aliphatic carbocycles. The molecule has 132 valence electrons. The van der Waals surface area contributed by atoms with Crippen LogP contribution in [0.3, 0.4) is 0 Å². The molecule has 2 aromatic carbocycles. The Morgan fingerprint density at radius 2 is 1.84 bits per heavy atom. The number of ether oxygens (including phenoxy) is 1. The van der Waals surface area contributed by atoms with Crippen molar-refractivity contribution in [3.63, 3.8) is 0 Å². The molecular formula is C18H19BrN2O3S. The molecule has 0 atom stereocenters. The Hall–Kier alpha value is -1.83. The van der Waals surface area contributed by atoms with Gasteiger partial charge in [-0.05, 0) is 40.2 Å². The van der Waals surface area contributed by atoms with Gasteiger partial charge in [0.15, 0.2) is 0 Å². The Balaban J connectivity index is 2.01.